The molecule has 0 spiro atoms. The zero-order valence-corrected chi connectivity index (χ0v) is 14.9. The fourth-order valence-corrected chi connectivity index (χ4v) is 5.60. The van der Waals surface area contributed by atoms with E-state index < -0.39 is 28.6 Å². The van der Waals surface area contributed by atoms with Crippen molar-refractivity contribution < 1.29 is 22.7 Å². The highest BCUT2D eigenvalue weighted by molar-refractivity contribution is 7.91. The summed E-state index contributed by atoms with van der Waals surface area (Å²) in [5.41, 5.74) is 0. The molecular formula is C14H13ClN2O5S2. The van der Waals surface area contributed by atoms with Crippen LogP contribution >= 0.6 is 22.9 Å². The Labute approximate surface area is 147 Å². The third-order valence-corrected chi connectivity index (χ3v) is 7.26. The summed E-state index contributed by atoms with van der Waals surface area (Å²) in [4.78, 5) is 24.4. The predicted octanol–water partition coefficient (Wildman–Crippen LogP) is 2.15. The SMILES string of the molecule is COC(=O)N1CCN(S(=O)(=O)c2cc3ccc(Cl)cc3s2)CC1=O. The number of nitrogens with zero attached hydrogens (tertiary/aromatic N) is 2. The van der Waals surface area contributed by atoms with E-state index in [1.165, 1.54) is 7.11 Å². The minimum absolute atomic E-state index is 0.0260. The number of halogens is 1. The number of thiophene rings is 1. The Bertz CT molecular complexity index is 924. The van der Waals surface area contributed by atoms with Crippen LogP contribution in [0.5, 0.6) is 0 Å². The lowest BCUT2D eigenvalue weighted by Gasteiger charge is -2.31. The molecule has 0 saturated carbocycles. The maximum atomic E-state index is 12.7. The number of fused-ring (bicyclic) bond motifs is 1. The van der Waals surface area contributed by atoms with Crippen molar-refractivity contribution in [2.45, 2.75) is 4.21 Å². The van der Waals surface area contributed by atoms with E-state index >= 15 is 0 Å². The highest BCUT2D eigenvalue weighted by Crippen LogP contribution is 2.33. The molecule has 0 atom stereocenters. The van der Waals surface area contributed by atoms with Crippen LogP contribution in [-0.2, 0) is 19.6 Å². The van der Waals surface area contributed by atoms with Gasteiger partial charge in [-0.2, -0.15) is 4.31 Å². The molecule has 1 aromatic carbocycles. The maximum Gasteiger partial charge on any atom is 0.416 e. The second-order valence-electron chi connectivity index (χ2n) is 5.10. The lowest BCUT2D eigenvalue weighted by molar-refractivity contribution is -0.131. The average molecular weight is 389 g/mol. The number of amides is 2. The number of rotatable bonds is 2. The number of carbonyl (C=O) groups is 2. The number of ether oxygens (including phenoxy) is 1. The number of benzene rings is 1. The molecule has 0 aliphatic carbocycles. The van der Waals surface area contributed by atoms with E-state index in [2.05, 4.69) is 4.74 Å². The molecule has 0 unspecified atom stereocenters. The molecule has 2 aromatic rings. The van der Waals surface area contributed by atoms with Crippen molar-refractivity contribution >= 4 is 55.0 Å². The van der Waals surface area contributed by atoms with Crippen LogP contribution in [0.4, 0.5) is 4.79 Å². The summed E-state index contributed by atoms with van der Waals surface area (Å²) in [5, 5.41) is 1.29. The Kier molecular flexibility index (Phi) is 4.52. The summed E-state index contributed by atoms with van der Waals surface area (Å²) in [5.74, 6) is -0.610. The van der Waals surface area contributed by atoms with Gasteiger partial charge in [-0.25, -0.2) is 18.1 Å². The van der Waals surface area contributed by atoms with Crippen LogP contribution in [0.15, 0.2) is 28.5 Å². The van der Waals surface area contributed by atoms with Crippen molar-refractivity contribution in [1.29, 1.82) is 0 Å². The van der Waals surface area contributed by atoms with Crippen molar-refractivity contribution in [3.05, 3.63) is 29.3 Å². The van der Waals surface area contributed by atoms with E-state index in [1.54, 1.807) is 24.3 Å². The van der Waals surface area contributed by atoms with Crippen molar-refractivity contribution in [2.75, 3.05) is 26.7 Å². The number of methoxy groups -OCH3 is 1. The molecule has 0 bridgehead atoms. The van der Waals surface area contributed by atoms with Crippen LogP contribution < -0.4 is 0 Å². The minimum atomic E-state index is -3.82. The molecule has 0 N–H and O–H groups in total. The van der Waals surface area contributed by atoms with Crippen LogP contribution in [-0.4, -0.2) is 56.4 Å². The molecule has 1 aromatic heterocycles. The molecule has 2 amide bonds. The van der Waals surface area contributed by atoms with Crippen molar-refractivity contribution in [3.63, 3.8) is 0 Å². The number of hydrogen-bond acceptors (Lipinski definition) is 6. The van der Waals surface area contributed by atoms with Gasteiger partial charge in [-0.15, -0.1) is 11.3 Å². The van der Waals surface area contributed by atoms with Gasteiger partial charge in [0, 0.05) is 22.8 Å². The van der Waals surface area contributed by atoms with E-state index in [0.717, 1.165) is 30.6 Å². The Morgan fingerprint density at radius 3 is 2.71 bits per heavy atom. The summed E-state index contributed by atoms with van der Waals surface area (Å²) in [6.45, 7) is -0.411. The van der Waals surface area contributed by atoms with Crippen LogP contribution in [0.2, 0.25) is 5.02 Å². The first-order chi connectivity index (χ1) is 11.3. The number of imide groups is 1. The fourth-order valence-electron chi connectivity index (χ4n) is 2.39. The van der Waals surface area contributed by atoms with Gasteiger partial charge in [0.05, 0.1) is 13.7 Å². The second kappa shape index (κ2) is 6.32. The molecule has 1 aliphatic rings. The summed E-state index contributed by atoms with van der Waals surface area (Å²) in [6.07, 6.45) is -0.784. The van der Waals surface area contributed by atoms with Gasteiger partial charge in [-0.3, -0.25) is 4.79 Å². The lowest BCUT2D eigenvalue weighted by Crippen LogP contribution is -2.53. The summed E-state index contributed by atoms with van der Waals surface area (Å²) in [6, 6.07) is 6.68. The number of carbonyl (C=O) groups excluding carboxylic acids is 2. The third-order valence-electron chi connectivity index (χ3n) is 3.63. The molecule has 1 aliphatic heterocycles. The smallest absolute Gasteiger partial charge is 0.416 e. The van der Waals surface area contributed by atoms with Gasteiger partial charge in [0.15, 0.2) is 0 Å². The van der Waals surface area contributed by atoms with E-state index in [1.807, 2.05) is 0 Å². The molecule has 10 heteroatoms. The summed E-state index contributed by atoms with van der Waals surface area (Å²) < 4.78 is 32.0. The normalized spacial score (nSPS) is 16.6. The van der Waals surface area contributed by atoms with E-state index in [0.29, 0.717) is 5.02 Å². The highest BCUT2D eigenvalue weighted by atomic mass is 35.5. The predicted molar refractivity (Wildman–Crippen MR) is 89.7 cm³/mol. The van der Waals surface area contributed by atoms with Gasteiger partial charge < -0.3 is 4.74 Å². The standard InChI is InChI=1S/C14H13ClN2O5S2/c1-22-14(19)17-5-4-16(8-12(17)18)24(20,21)13-6-9-2-3-10(15)7-11(9)23-13/h2-3,6-7H,4-5,8H2,1H3. The lowest BCUT2D eigenvalue weighted by atomic mass is 10.3. The largest absolute Gasteiger partial charge is 0.452 e. The molecule has 1 saturated heterocycles. The maximum absolute atomic E-state index is 12.7. The zero-order chi connectivity index (χ0) is 17.5. The molecule has 0 radical (unpaired) electrons. The van der Waals surface area contributed by atoms with Crippen molar-refractivity contribution in [3.8, 4) is 0 Å². The highest BCUT2D eigenvalue weighted by Gasteiger charge is 2.36. The molecule has 128 valence electrons. The number of hydrogen-bond donors (Lipinski definition) is 0. The van der Waals surface area contributed by atoms with Gasteiger partial charge in [0.2, 0.25) is 5.91 Å². The first-order valence-electron chi connectivity index (χ1n) is 6.90. The molecule has 2 heterocycles. The first kappa shape index (κ1) is 17.2. The van der Waals surface area contributed by atoms with E-state index in [4.69, 9.17) is 11.6 Å². The topological polar surface area (TPSA) is 84.0 Å². The molecule has 24 heavy (non-hydrogen) atoms. The van der Waals surface area contributed by atoms with Gasteiger partial charge in [-0.1, -0.05) is 17.7 Å². The summed E-state index contributed by atoms with van der Waals surface area (Å²) in [7, 11) is -2.65. The van der Waals surface area contributed by atoms with Gasteiger partial charge in [0.25, 0.3) is 10.0 Å². The Morgan fingerprint density at radius 2 is 2.04 bits per heavy atom. The van der Waals surface area contributed by atoms with Gasteiger partial charge in [0.1, 0.15) is 4.21 Å². The van der Waals surface area contributed by atoms with Crippen LogP contribution in [0.1, 0.15) is 0 Å². The van der Waals surface area contributed by atoms with Gasteiger partial charge in [-0.05, 0) is 23.6 Å². The molecule has 1 fully saturated rings. The second-order valence-corrected chi connectivity index (χ2v) is 8.79. The fraction of sp³-hybridized carbons (Fsp3) is 0.286. The molecule has 3 rings (SSSR count). The van der Waals surface area contributed by atoms with Crippen molar-refractivity contribution in [1.82, 2.24) is 9.21 Å². The van der Waals surface area contributed by atoms with Crippen LogP contribution in [0.25, 0.3) is 10.1 Å². The zero-order valence-electron chi connectivity index (χ0n) is 12.6. The Balaban J connectivity index is 1.88. The van der Waals surface area contributed by atoms with Gasteiger partial charge >= 0.3 is 6.09 Å². The molecule has 7 nitrogen and oxygen atoms in total. The van der Waals surface area contributed by atoms with E-state index in [9.17, 15) is 18.0 Å². The monoisotopic (exact) mass is 388 g/mol. The van der Waals surface area contributed by atoms with Crippen molar-refractivity contribution in [2.24, 2.45) is 0 Å². The van der Waals surface area contributed by atoms with E-state index in [-0.39, 0.29) is 17.3 Å². The molecular weight excluding hydrogens is 376 g/mol. The quantitative estimate of drug-likeness (QED) is 0.787. The van der Waals surface area contributed by atoms with Crippen LogP contribution in [0, 0.1) is 0 Å². The van der Waals surface area contributed by atoms with Crippen LogP contribution in [0.3, 0.4) is 0 Å². The minimum Gasteiger partial charge on any atom is -0.452 e. The Morgan fingerprint density at radius 1 is 1.29 bits per heavy atom. The number of piperazine rings is 1. The Hall–Kier alpha value is -1.68. The third kappa shape index (κ3) is 3.00. The summed E-state index contributed by atoms with van der Waals surface area (Å²) >= 11 is 7.02. The average Bonchev–Trinajstić information content (AvgIpc) is 2.97. The first-order valence-corrected chi connectivity index (χ1v) is 9.54. The number of sulfonamides is 1.